The summed E-state index contributed by atoms with van der Waals surface area (Å²) < 4.78 is 13.0. The maximum atomic E-state index is 13.0. The zero-order chi connectivity index (χ0) is 13.4. The maximum absolute atomic E-state index is 13.0. The first-order valence-electron chi connectivity index (χ1n) is 6.19. The third-order valence-electron chi connectivity index (χ3n) is 3.37. The van der Waals surface area contributed by atoms with Crippen LogP contribution in [0.4, 0.5) is 15.8 Å². The van der Waals surface area contributed by atoms with Gasteiger partial charge in [0.1, 0.15) is 11.6 Å². The number of fused-ring (bicyclic) bond motifs is 1. The molecule has 2 aromatic rings. The SMILES string of the molecule is Cc1cc(O)cc2c1CC=CN2c1ccc(F)cc1. The number of allylic oxidation sites excluding steroid dienone is 1. The first kappa shape index (κ1) is 11.8. The molecule has 0 fully saturated rings. The molecule has 0 aromatic heterocycles. The zero-order valence-corrected chi connectivity index (χ0v) is 10.6. The van der Waals surface area contributed by atoms with Gasteiger partial charge in [0, 0.05) is 18.0 Å². The summed E-state index contributed by atoms with van der Waals surface area (Å²) in [7, 11) is 0. The van der Waals surface area contributed by atoms with E-state index < -0.39 is 0 Å². The Morgan fingerprint density at radius 2 is 1.89 bits per heavy atom. The van der Waals surface area contributed by atoms with Crippen molar-refractivity contribution in [3.05, 3.63) is 65.6 Å². The van der Waals surface area contributed by atoms with Crippen molar-refractivity contribution in [1.82, 2.24) is 0 Å². The lowest BCUT2D eigenvalue weighted by molar-refractivity contribution is 0.475. The molecule has 2 aromatic carbocycles. The fourth-order valence-electron chi connectivity index (χ4n) is 2.44. The molecule has 0 unspecified atom stereocenters. The second-order valence-electron chi connectivity index (χ2n) is 4.70. The minimum atomic E-state index is -0.253. The number of anilines is 2. The third kappa shape index (κ3) is 2.08. The monoisotopic (exact) mass is 255 g/mol. The Morgan fingerprint density at radius 1 is 1.16 bits per heavy atom. The fraction of sp³-hybridized carbons (Fsp3) is 0.125. The molecule has 96 valence electrons. The smallest absolute Gasteiger partial charge is 0.123 e. The van der Waals surface area contributed by atoms with Gasteiger partial charge in [-0.15, -0.1) is 0 Å². The van der Waals surface area contributed by atoms with Crippen molar-refractivity contribution in [3.63, 3.8) is 0 Å². The minimum absolute atomic E-state index is 0.249. The van der Waals surface area contributed by atoms with Crippen LogP contribution in [0.2, 0.25) is 0 Å². The van der Waals surface area contributed by atoms with Gasteiger partial charge in [0.05, 0.1) is 5.69 Å². The van der Waals surface area contributed by atoms with E-state index in [9.17, 15) is 9.50 Å². The van der Waals surface area contributed by atoms with E-state index in [1.807, 2.05) is 18.0 Å². The Balaban J connectivity index is 2.12. The Labute approximate surface area is 111 Å². The van der Waals surface area contributed by atoms with Gasteiger partial charge in [0.25, 0.3) is 0 Å². The summed E-state index contributed by atoms with van der Waals surface area (Å²) in [4.78, 5) is 1.96. The van der Waals surface area contributed by atoms with Gasteiger partial charge in [0.2, 0.25) is 0 Å². The van der Waals surface area contributed by atoms with Gasteiger partial charge in [-0.25, -0.2) is 4.39 Å². The largest absolute Gasteiger partial charge is 0.508 e. The normalized spacial score (nSPS) is 13.5. The summed E-state index contributed by atoms with van der Waals surface area (Å²) in [6.45, 7) is 1.99. The minimum Gasteiger partial charge on any atom is -0.508 e. The van der Waals surface area contributed by atoms with E-state index in [0.717, 1.165) is 23.4 Å². The van der Waals surface area contributed by atoms with E-state index in [-0.39, 0.29) is 11.6 Å². The molecule has 0 saturated carbocycles. The first-order valence-corrected chi connectivity index (χ1v) is 6.19. The topological polar surface area (TPSA) is 23.5 Å². The molecule has 1 aliphatic rings. The number of nitrogens with zero attached hydrogens (tertiary/aromatic N) is 1. The summed E-state index contributed by atoms with van der Waals surface area (Å²) in [6.07, 6.45) is 4.86. The number of hydrogen-bond acceptors (Lipinski definition) is 2. The van der Waals surface area contributed by atoms with E-state index in [1.165, 1.54) is 17.7 Å². The Kier molecular flexibility index (Phi) is 2.75. The molecule has 0 spiro atoms. The second-order valence-corrected chi connectivity index (χ2v) is 4.70. The van der Waals surface area contributed by atoms with Gasteiger partial charge < -0.3 is 10.0 Å². The van der Waals surface area contributed by atoms with Crippen LogP contribution in [0, 0.1) is 12.7 Å². The number of aromatic hydroxyl groups is 1. The molecule has 0 saturated heterocycles. The number of halogens is 1. The van der Waals surface area contributed by atoms with Gasteiger partial charge in [-0.05, 0) is 54.8 Å². The standard InChI is InChI=1S/C16H14FNO/c1-11-9-14(19)10-16-15(11)3-2-8-18(16)13-6-4-12(17)5-7-13/h2,4-10,19H,3H2,1H3. The lowest BCUT2D eigenvalue weighted by Gasteiger charge is -2.28. The van der Waals surface area contributed by atoms with Gasteiger partial charge in [-0.2, -0.15) is 0 Å². The molecule has 1 N–H and O–H groups in total. The summed E-state index contributed by atoms with van der Waals surface area (Å²) in [5, 5.41) is 9.77. The molecule has 0 radical (unpaired) electrons. The van der Waals surface area contributed by atoms with Gasteiger partial charge in [0.15, 0.2) is 0 Å². The van der Waals surface area contributed by atoms with Crippen molar-refractivity contribution in [3.8, 4) is 5.75 Å². The highest BCUT2D eigenvalue weighted by Gasteiger charge is 2.17. The molecule has 0 atom stereocenters. The van der Waals surface area contributed by atoms with Crippen molar-refractivity contribution in [1.29, 1.82) is 0 Å². The van der Waals surface area contributed by atoms with Crippen LogP contribution in [-0.4, -0.2) is 5.11 Å². The van der Waals surface area contributed by atoms with Crippen LogP contribution in [-0.2, 0) is 6.42 Å². The summed E-state index contributed by atoms with van der Waals surface area (Å²) in [6, 6.07) is 9.85. The number of phenols is 1. The van der Waals surface area contributed by atoms with Crippen LogP contribution >= 0.6 is 0 Å². The van der Waals surface area contributed by atoms with Crippen molar-refractivity contribution in [2.24, 2.45) is 0 Å². The predicted molar refractivity (Wildman–Crippen MR) is 74.2 cm³/mol. The van der Waals surface area contributed by atoms with Crippen LogP contribution in [0.25, 0.3) is 0 Å². The highest BCUT2D eigenvalue weighted by atomic mass is 19.1. The molecule has 3 rings (SSSR count). The molecule has 0 aliphatic carbocycles. The summed E-state index contributed by atoms with van der Waals surface area (Å²) in [5.41, 5.74) is 4.08. The maximum Gasteiger partial charge on any atom is 0.123 e. The highest BCUT2D eigenvalue weighted by Crippen LogP contribution is 2.36. The van der Waals surface area contributed by atoms with Crippen LogP contribution in [0.3, 0.4) is 0 Å². The molecule has 1 aliphatic heterocycles. The lowest BCUT2D eigenvalue weighted by atomic mass is 9.99. The van der Waals surface area contributed by atoms with E-state index in [4.69, 9.17) is 0 Å². The molecule has 2 nitrogen and oxygen atoms in total. The Bertz CT molecular complexity index is 647. The van der Waals surface area contributed by atoms with Crippen LogP contribution in [0.5, 0.6) is 5.75 Å². The van der Waals surface area contributed by atoms with Crippen molar-refractivity contribution in [2.75, 3.05) is 4.90 Å². The average molecular weight is 255 g/mol. The number of phenolic OH excluding ortho intramolecular Hbond substituents is 1. The first-order chi connectivity index (χ1) is 9.15. The molecule has 0 bridgehead atoms. The highest BCUT2D eigenvalue weighted by molar-refractivity contribution is 5.73. The molecule has 19 heavy (non-hydrogen) atoms. The quantitative estimate of drug-likeness (QED) is 0.831. The Hall–Kier alpha value is -2.29. The number of benzene rings is 2. The number of hydrogen-bond donors (Lipinski definition) is 1. The third-order valence-corrected chi connectivity index (χ3v) is 3.37. The van der Waals surface area contributed by atoms with E-state index in [2.05, 4.69) is 6.08 Å². The van der Waals surface area contributed by atoms with Crippen molar-refractivity contribution >= 4 is 11.4 Å². The molecule has 0 amide bonds. The van der Waals surface area contributed by atoms with E-state index in [1.54, 1.807) is 24.3 Å². The molecular weight excluding hydrogens is 241 g/mol. The predicted octanol–water partition coefficient (Wildman–Crippen LogP) is 4.05. The lowest BCUT2D eigenvalue weighted by Crippen LogP contribution is -2.15. The molecule has 1 heterocycles. The number of aryl methyl sites for hydroxylation is 1. The zero-order valence-electron chi connectivity index (χ0n) is 10.6. The summed E-state index contributed by atoms with van der Waals surface area (Å²) >= 11 is 0. The second kappa shape index (κ2) is 4.43. The van der Waals surface area contributed by atoms with Gasteiger partial charge in [-0.1, -0.05) is 6.08 Å². The van der Waals surface area contributed by atoms with Crippen LogP contribution < -0.4 is 4.90 Å². The summed E-state index contributed by atoms with van der Waals surface area (Å²) in [5.74, 6) is -0.00397. The molecular formula is C16H14FNO. The van der Waals surface area contributed by atoms with Gasteiger partial charge >= 0.3 is 0 Å². The Morgan fingerprint density at radius 3 is 2.63 bits per heavy atom. The molecule has 3 heteroatoms. The van der Waals surface area contributed by atoms with Crippen molar-refractivity contribution in [2.45, 2.75) is 13.3 Å². The average Bonchev–Trinajstić information content (AvgIpc) is 2.39. The fourth-order valence-corrected chi connectivity index (χ4v) is 2.44. The van der Waals surface area contributed by atoms with Crippen LogP contribution in [0.1, 0.15) is 11.1 Å². The van der Waals surface area contributed by atoms with E-state index >= 15 is 0 Å². The van der Waals surface area contributed by atoms with Crippen molar-refractivity contribution < 1.29 is 9.50 Å². The van der Waals surface area contributed by atoms with Gasteiger partial charge in [-0.3, -0.25) is 0 Å². The van der Waals surface area contributed by atoms with E-state index in [0.29, 0.717) is 0 Å². The number of rotatable bonds is 1. The van der Waals surface area contributed by atoms with Crippen LogP contribution in [0.15, 0.2) is 48.7 Å².